The first-order chi connectivity index (χ1) is 13.0. The summed E-state index contributed by atoms with van der Waals surface area (Å²) in [5, 5.41) is 25.3. The summed E-state index contributed by atoms with van der Waals surface area (Å²) in [6.45, 7) is 1.90. The number of nitrogens with zero attached hydrogens (tertiary/aromatic N) is 1. The second kappa shape index (κ2) is 8.00. The Balaban J connectivity index is 1.73. The fraction of sp³-hybridized carbons (Fsp3) is 0.222. The average molecular weight is 385 g/mol. The lowest BCUT2D eigenvalue weighted by Gasteiger charge is -2.14. The second-order valence-corrected chi connectivity index (χ2v) is 6.84. The van der Waals surface area contributed by atoms with E-state index in [-0.39, 0.29) is 12.5 Å². The minimum atomic E-state index is -1.26. The summed E-state index contributed by atoms with van der Waals surface area (Å²) in [7, 11) is 0. The summed E-state index contributed by atoms with van der Waals surface area (Å²) in [6, 6.07) is 5.55. The van der Waals surface area contributed by atoms with Gasteiger partial charge in [0.15, 0.2) is 0 Å². The lowest BCUT2D eigenvalue weighted by Crippen LogP contribution is -2.35. The molecule has 0 fully saturated rings. The molecule has 0 aliphatic heterocycles. The van der Waals surface area contributed by atoms with E-state index in [4.69, 9.17) is 10.5 Å². The average Bonchev–Trinajstić information content (AvgIpc) is 3.31. The molecule has 140 valence electrons. The van der Waals surface area contributed by atoms with Gasteiger partial charge in [0, 0.05) is 30.2 Å². The molecule has 0 saturated carbocycles. The van der Waals surface area contributed by atoms with E-state index in [1.165, 1.54) is 11.3 Å². The van der Waals surface area contributed by atoms with Crippen LogP contribution in [0.2, 0.25) is 0 Å². The number of amides is 1. The highest BCUT2D eigenvalue weighted by molar-refractivity contribution is 7.12. The number of carboxylic acids is 1. The number of rotatable bonds is 8. The van der Waals surface area contributed by atoms with Crippen molar-refractivity contribution in [3.8, 4) is 0 Å². The molecule has 27 heavy (non-hydrogen) atoms. The molecule has 5 N–H and O–H groups in total. The molecule has 3 heterocycles. The predicted octanol–water partition coefficient (Wildman–Crippen LogP) is 3.23. The van der Waals surface area contributed by atoms with E-state index >= 15 is 0 Å². The molecule has 0 aliphatic carbocycles. The van der Waals surface area contributed by atoms with Crippen molar-refractivity contribution >= 4 is 51.3 Å². The van der Waals surface area contributed by atoms with Crippen LogP contribution in [0.3, 0.4) is 0 Å². The van der Waals surface area contributed by atoms with Crippen LogP contribution >= 0.6 is 11.3 Å². The number of carbonyl (C=O) groups excluding carboxylic acids is 1. The molecule has 3 aromatic rings. The van der Waals surface area contributed by atoms with Crippen molar-refractivity contribution in [1.29, 1.82) is 5.41 Å². The van der Waals surface area contributed by atoms with E-state index in [1.807, 2.05) is 23.6 Å². The first kappa shape index (κ1) is 18.6. The van der Waals surface area contributed by atoms with E-state index < -0.39 is 17.6 Å². The fourth-order valence-electron chi connectivity index (χ4n) is 2.72. The van der Waals surface area contributed by atoms with E-state index in [1.54, 1.807) is 19.3 Å². The van der Waals surface area contributed by atoms with Gasteiger partial charge < -0.3 is 20.7 Å². The van der Waals surface area contributed by atoms with Crippen LogP contribution in [0.25, 0.3) is 11.0 Å². The molecule has 0 aromatic carbocycles. The largest absolute Gasteiger partial charge is 0.477 e. The molecule has 3 rings (SSSR count). The molecule has 0 unspecified atom stereocenters. The Hall–Kier alpha value is -3.20. The third kappa shape index (κ3) is 3.98. The highest BCUT2D eigenvalue weighted by atomic mass is 32.1. The van der Waals surface area contributed by atoms with Gasteiger partial charge in [0.1, 0.15) is 16.2 Å². The molecule has 1 atom stereocenters. The van der Waals surface area contributed by atoms with Crippen LogP contribution in [-0.2, 0) is 4.79 Å². The van der Waals surface area contributed by atoms with Crippen molar-refractivity contribution in [2.75, 3.05) is 11.9 Å². The van der Waals surface area contributed by atoms with Crippen LogP contribution in [0.15, 0.2) is 36.0 Å². The van der Waals surface area contributed by atoms with Crippen LogP contribution < -0.4 is 10.6 Å². The standard InChI is InChI=1S/C18H19N5O3S/c1-2-10(14(19)18(25)26)9-22-17(24)15-13(5-8-27-15)23-12-4-7-21-16-11(12)3-6-20-16/h3-8,10,19H,2,9H2,1H3,(H,22,24)(H,25,26)(H2,20,21,23)/t10-/m1/s1. The van der Waals surface area contributed by atoms with Gasteiger partial charge in [0.2, 0.25) is 0 Å². The van der Waals surface area contributed by atoms with Gasteiger partial charge >= 0.3 is 5.97 Å². The van der Waals surface area contributed by atoms with Gasteiger partial charge in [-0.25, -0.2) is 9.78 Å². The van der Waals surface area contributed by atoms with Crippen LogP contribution in [0.1, 0.15) is 23.0 Å². The van der Waals surface area contributed by atoms with E-state index in [0.29, 0.717) is 17.0 Å². The van der Waals surface area contributed by atoms with Crippen molar-refractivity contribution in [1.82, 2.24) is 15.3 Å². The number of H-pyrrole nitrogens is 1. The molecule has 3 aromatic heterocycles. The number of hydrogen-bond acceptors (Lipinski definition) is 6. The van der Waals surface area contributed by atoms with Gasteiger partial charge in [-0.05, 0) is 30.0 Å². The fourth-order valence-corrected chi connectivity index (χ4v) is 3.49. The van der Waals surface area contributed by atoms with Crippen molar-refractivity contribution in [3.63, 3.8) is 0 Å². The minimum Gasteiger partial charge on any atom is -0.477 e. The number of carbonyl (C=O) groups is 2. The molecule has 8 nitrogen and oxygen atoms in total. The number of anilines is 2. The third-order valence-corrected chi connectivity index (χ3v) is 5.15. The molecular weight excluding hydrogens is 366 g/mol. The maximum absolute atomic E-state index is 12.6. The monoisotopic (exact) mass is 385 g/mol. The lowest BCUT2D eigenvalue weighted by atomic mass is 10.0. The summed E-state index contributed by atoms with van der Waals surface area (Å²) in [5.41, 5.74) is 1.84. The topological polar surface area (TPSA) is 131 Å². The van der Waals surface area contributed by atoms with Gasteiger partial charge in [-0.15, -0.1) is 11.3 Å². The summed E-state index contributed by atoms with van der Waals surface area (Å²) in [6.07, 6.45) is 3.94. The molecule has 0 spiro atoms. The molecular formula is C18H19N5O3S. The SMILES string of the molecule is CC[C@H](CNC(=O)c1sccc1Nc1ccnc2[nH]ccc12)C(=N)C(=O)O. The number of pyridine rings is 1. The van der Waals surface area contributed by atoms with Gasteiger partial charge in [-0.2, -0.15) is 0 Å². The normalized spacial score (nSPS) is 11.9. The number of aromatic amines is 1. The molecule has 0 radical (unpaired) electrons. The first-order valence-electron chi connectivity index (χ1n) is 8.37. The number of carboxylic acid groups (broad SMARTS) is 1. The van der Waals surface area contributed by atoms with Gasteiger partial charge in [0.25, 0.3) is 5.91 Å². The zero-order chi connectivity index (χ0) is 19.4. The summed E-state index contributed by atoms with van der Waals surface area (Å²) < 4.78 is 0. The van der Waals surface area contributed by atoms with E-state index in [9.17, 15) is 9.59 Å². The van der Waals surface area contributed by atoms with Crippen LogP contribution in [0, 0.1) is 11.3 Å². The van der Waals surface area contributed by atoms with E-state index in [2.05, 4.69) is 20.6 Å². The van der Waals surface area contributed by atoms with Crippen molar-refractivity contribution in [2.24, 2.45) is 5.92 Å². The van der Waals surface area contributed by atoms with Gasteiger partial charge in [-0.3, -0.25) is 10.2 Å². The van der Waals surface area contributed by atoms with Crippen molar-refractivity contribution < 1.29 is 14.7 Å². The smallest absolute Gasteiger partial charge is 0.349 e. The Morgan fingerprint density at radius 2 is 2.15 bits per heavy atom. The minimum absolute atomic E-state index is 0.106. The number of fused-ring (bicyclic) bond motifs is 1. The van der Waals surface area contributed by atoms with Crippen LogP contribution in [-0.4, -0.2) is 39.2 Å². The number of hydrogen-bond donors (Lipinski definition) is 5. The Kier molecular flexibility index (Phi) is 5.51. The maximum atomic E-state index is 12.6. The lowest BCUT2D eigenvalue weighted by molar-refractivity contribution is -0.129. The summed E-state index contributed by atoms with van der Waals surface area (Å²) in [5.74, 6) is -2.09. The van der Waals surface area contributed by atoms with Crippen LogP contribution in [0.4, 0.5) is 11.4 Å². The quantitative estimate of drug-likeness (QED) is 0.380. The zero-order valence-corrected chi connectivity index (χ0v) is 15.4. The highest BCUT2D eigenvalue weighted by Crippen LogP contribution is 2.29. The number of aromatic nitrogens is 2. The molecule has 9 heteroatoms. The first-order valence-corrected chi connectivity index (χ1v) is 9.25. The van der Waals surface area contributed by atoms with Crippen LogP contribution in [0.5, 0.6) is 0 Å². The molecule has 0 bridgehead atoms. The summed E-state index contributed by atoms with van der Waals surface area (Å²) in [4.78, 5) is 31.3. The third-order valence-electron chi connectivity index (χ3n) is 4.24. The van der Waals surface area contributed by atoms with Gasteiger partial charge in [0.05, 0.1) is 11.4 Å². The number of nitrogens with one attached hydrogen (secondary N) is 4. The Bertz CT molecular complexity index is 994. The number of aliphatic carboxylic acids is 1. The summed E-state index contributed by atoms with van der Waals surface area (Å²) >= 11 is 1.29. The van der Waals surface area contributed by atoms with Gasteiger partial charge in [-0.1, -0.05) is 6.92 Å². The van der Waals surface area contributed by atoms with Crippen molar-refractivity contribution in [3.05, 3.63) is 40.8 Å². The molecule has 0 aliphatic rings. The Labute approximate surface area is 159 Å². The molecule has 1 amide bonds. The Morgan fingerprint density at radius 1 is 1.33 bits per heavy atom. The van der Waals surface area contributed by atoms with E-state index in [0.717, 1.165) is 16.7 Å². The predicted molar refractivity (Wildman–Crippen MR) is 105 cm³/mol. The van der Waals surface area contributed by atoms with Crippen molar-refractivity contribution in [2.45, 2.75) is 13.3 Å². The second-order valence-electron chi connectivity index (χ2n) is 5.92. The number of thiophene rings is 1. The highest BCUT2D eigenvalue weighted by Gasteiger charge is 2.21. The zero-order valence-electron chi connectivity index (χ0n) is 14.6. The Morgan fingerprint density at radius 3 is 2.89 bits per heavy atom. The molecule has 0 saturated heterocycles. The maximum Gasteiger partial charge on any atom is 0.349 e.